The summed E-state index contributed by atoms with van der Waals surface area (Å²) in [6.07, 6.45) is 6.21. The van der Waals surface area contributed by atoms with Crippen molar-refractivity contribution >= 4 is 11.7 Å². The van der Waals surface area contributed by atoms with E-state index in [0.29, 0.717) is 17.9 Å². The number of aromatic nitrogens is 2. The van der Waals surface area contributed by atoms with Gasteiger partial charge < -0.3 is 5.43 Å². The Kier molecular flexibility index (Phi) is 4.28. The van der Waals surface area contributed by atoms with Crippen molar-refractivity contribution < 1.29 is 4.79 Å². The molecule has 0 aromatic carbocycles. The summed E-state index contributed by atoms with van der Waals surface area (Å²) in [7, 11) is 0. The lowest BCUT2D eigenvalue weighted by Crippen LogP contribution is -2.54. The Morgan fingerprint density at radius 1 is 1.32 bits per heavy atom. The highest BCUT2D eigenvalue weighted by molar-refractivity contribution is 5.91. The van der Waals surface area contributed by atoms with Crippen LogP contribution in [0.3, 0.4) is 0 Å². The number of nitrogens with two attached hydrogens (primary N) is 1. The van der Waals surface area contributed by atoms with Gasteiger partial charge in [-0.25, -0.2) is 20.8 Å². The van der Waals surface area contributed by atoms with Crippen LogP contribution < -0.4 is 16.7 Å². The van der Waals surface area contributed by atoms with Gasteiger partial charge in [0.1, 0.15) is 5.69 Å². The lowest BCUT2D eigenvalue weighted by Gasteiger charge is -2.38. The normalized spacial score (nSPS) is 23.9. The number of amides is 1. The van der Waals surface area contributed by atoms with E-state index in [-0.39, 0.29) is 11.6 Å². The Balaban J connectivity index is 2.02. The number of nitrogens with one attached hydrogen (secondary N) is 2. The molecular formula is C12H20N6O. The minimum atomic E-state index is -0.239. The minimum absolute atomic E-state index is 0.239. The molecule has 0 spiro atoms. The van der Waals surface area contributed by atoms with E-state index in [4.69, 9.17) is 5.84 Å². The number of nitrogen functional groups attached to an aromatic ring is 1. The molecule has 1 aromatic rings. The van der Waals surface area contributed by atoms with Crippen molar-refractivity contribution in [3.05, 3.63) is 18.1 Å². The SMILES string of the molecule is CC1CCCC(C)N1NC(=O)c1cnc(NN)cn1. The lowest BCUT2D eigenvalue weighted by atomic mass is 10.00. The van der Waals surface area contributed by atoms with Crippen LogP contribution in [0.4, 0.5) is 5.82 Å². The smallest absolute Gasteiger partial charge is 0.285 e. The van der Waals surface area contributed by atoms with Gasteiger partial charge in [-0.3, -0.25) is 10.2 Å². The molecule has 2 heterocycles. The number of anilines is 1. The molecule has 2 atom stereocenters. The van der Waals surface area contributed by atoms with Crippen LogP contribution in [-0.2, 0) is 0 Å². The number of hydrogen-bond donors (Lipinski definition) is 3. The quantitative estimate of drug-likeness (QED) is 0.548. The van der Waals surface area contributed by atoms with Crippen LogP contribution in [-0.4, -0.2) is 33.0 Å². The predicted molar refractivity (Wildman–Crippen MR) is 71.9 cm³/mol. The van der Waals surface area contributed by atoms with Gasteiger partial charge in [-0.15, -0.1) is 0 Å². The number of hydrazine groups is 2. The Morgan fingerprint density at radius 2 is 2.00 bits per heavy atom. The zero-order valence-corrected chi connectivity index (χ0v) is 11.3. The van der Waals surface area contributed by atoms with Crippen LogP contribution in [0.25, 0.3) is 0 Å². The van der Waals surface area contributed by atoms with Gasteiger partial charge in [0.05, 0.1) is 12.4 Å². The van der Waals surface area contributed by atoms with E-state index in [1.165, 1.54) is 18.8 Å². The average Bonchev–Trinajstić information content (AvgIpc) is 2.43. The second-order valence-corrected chi connectivity index (χ2v) is 4.91. The van der Waals surface area contributed by atoms with Crippen LogP contribution in [0.2, 0.25) is 0 Å². The molecule has 0 radical (unpaired) electrons. The predicted octanol–water partition coefficient (Wildman–Crippen LogP) is 0.670. The summed E-state index contributed by atoms with van der Waals surface area (Å²) >= 11 is 0. The standard InChI is InChI=1S/C12H20N6O/c1-8-4-3-5-9(2)18(8)17-12(19)10-6-15-11(16-13)7-14-10/h6-9H,3-5,13H2,1-2H3,(H,15,16)(H,17,19). The van der Waals surface area contributed by atoms with Crippen LogP contribution in [0.15, 0.2) is 12.4 Å². The number of carbonyl (C=O) groups excluding carboxylic acids is 1. The van der Waals surface area contributed by atoms with Gasteiger partial charge in [-0.2, -0.15) is 0 Å². The fourth-order valence-corrected chi connectivity index (χ4v) is 2.34. The van der Waals surface area contributed by atoms with E-state index in [1.54, 1.807) is 0 Å². The van der Waals surface area contributed by atoms with E-state index in [1.807, 2.05) is 5.01 Å². The molecule has 1 saturated heterocycles. The van der Waals surface area contributed by atoms with E-state index in [2.05, 4.69) is 34.7 Å². The van der Waals surface area contributed by atoms with Gasteiger partial charge in [0.25, 0.3) is 5.91 Å². The molecule has 2 rings (SSSR count). The summed E-state index contributed by atoms with van der Waals surface area (Å²) in [4.78, 5) is 20.1. The summed E-state index contributed by atoms with van der Waals surface area (Å²) in [5.41, 5.74) is 5.57. The molecule has 7 nitrogen and oxygen atoms in total. The van der Waals surface area contributed by atoms with Crippen LogP contribution in [0, 0.1) is 0 Å². The van der Waals surface area contributed by atoms with E-state index < -0.39 is 0 Å². The van der Waals surface area contributed by atoms with Gasteiger partial charge in [0, 0.05) is 12.1 Å². The van der Waals surface area contributed by atoms with Crippen molar-refractivity contribution in [3.8, 4) is 0 Å². The Morgan fingerprint density at radius 3 is 2.53 bits per heavy atom. The first kappa shape index (κ1) is 13.7. The van der Waals surface area contributed by atoms with E-state index in [0.717, 1.165) is 12.8 Å². The van der Waals surface area contributed by atoms with Gasteiger partial charge in [0.2, 0.25) is 0 Å². The molecule has 2 unspecified atom stereocenters. The lowest BCUT2D eigenvalue weighted by molar-refractivity contribution is 0.0366. The maximum Gasteiger partial charge on any atom is 0.285 e. The molecular weight excluding hydrogens is 244 g/mol. The monoisotopic (exact) mass is 264 g/mol. The Bertz CT molecular complexity index is 424. The molecule has 0 bridgehead atoms. The fraction of sp³-hybridized carbons (Fsp3) is 0.583. The molecule has 1 fully saturated rings. The van der Waals surface area contributed by atoms with Gasteiger partial charge in [-0.05, 0) is 26.7 Å². The minimum Gasteiger partial charge on any atom is -0.307 e. The number of piperidine rings is 1. The highest BCUT2D eigenvalue weighted by Crippen LogP contribution is 2.20. The highest BCUT2D eigenvalue weighted by atomic mass is 16.2. The fourth-order valence-electron chi connectivity index (χ4n) is 2.34. The van der Waals surface area contributed by atoms with Crippen molar-refractivity contribution in [2.75, 3.05) is 5.43 Å². The maximum absolute atomic E-state index is 12.1. The molecule has 1 aliphatic heterocycles. The molecule has 1 amide bonds. The van der Waals surface area contributed by atoms with Crippen LogP contribution in [0.5, 0.6) is 0 Å². The third-order valence-corrected chi connectivity index (χ3v) is 3.46. The van der Waals surface area contributed by atoms with Crippen LogP contribution >= 0.6 is 0 Å². The summed E-state index contributed by atoms with van der Waals surface area (Å²) in [5, 5.41) is 2.00. The average molecular weight is 264 g/mol. The molecule has 7 heteroatoms. The topological polar surface area (TPSA) is 96.2 Å². The summed E-state index contributed by atoms with van der Waals surface area (Å²) in [5.74, 6) is 5.39. The summed E-state index contributed by atoms with van der Waals surface area (Å²) in [6.45, 7) is 4.23. The molecule has 104 valence electrons. The number of hydrogen-bond acceptors (Lipinski definition) is 6. The molecule has 19 heavy (non-hydrogen) atoms. The Hall–Kier alpha value is -1.73. The van der Waals surface area contributed by atoms with Crippen LogP contribution in [0.1, 0.15) is 43.6 Å². The van der Waals surface area contributed by atoms with Crippen molar-refractivity contribution in [2.45, 2.75) is 45.2 Å². The number of rotatable bonds is 3. The highest BCUT2D eigenvalue weighted by Gasteiger charge is 2.26. The largest absolute Gasteiger partial charge is 0.307 e. The summed E-state index contributed by atoms with van der Waals surface area (Å²) < 4.78 is 0. The van der Waals surface area contributed by atoms with Gasteiger partial charge in [0.15, 0.2) is 5.82 Å². The van der Waals surface area contributed by atoms with Gasteiger partial charge in [-0.1, -0.05) is 6.42 Å². The molecule has 0 aliphatic carbocycles. The second-order valence-electron chi connectivity index (χ2n) is 4.91. The van der Waals surface area contributed by atoms with Crippen molar-refractivity contribution in [1.29, 1.82) is 0 Å². The van der Waals surface area contributed by atoms with Crippen molar-refractivity contribution in [2.24, 2.45) is 5.84 Å². The molecule has 1 aliphatic rings. The van der Waals surface area contributed by atoms with Crippen molar-refractivity contribution in [3.63, 3.8) is 0 Å². The zero-order valence-electron chi connectivity index (χ0n) is 11.3. The number of carbonyl (C=O) groups is 1. The van der Waals surface area contributed by atoms with Crippen molar-refractivity contribution in [1.82, 2.24) is 20.4 Å². The molecule has 1 aromatic heterocycles. The maximum atomic E-state index is 12.1. The molecule has 0 saturated carbocycles. The van der Waals surface area contributed by atoms with Gasteiger partial charge >= 0.3 is 0 Å². The summed E-state index contributed by atoms with van der Waals surface area (Å²) in [6, 6.07) is 0.677. The van der Waals surface area contributed by atoms with E-state index in [9.17, 15) is 4.79 Å². The molecule has 4 N–H and O–H groups in total. The first-order valence-corrected chi connectivity index (χ1v) is 6.49. The third kappa shape index (κ3) is 3.18. The van der Waals surface area contributed by atoms with E-state index >= 15 is 0 Å². The second kappa shape index (κ2) is 5.94. The first-order valence-electron chi connectivity index (χ1n) is 6.49. The third-order valence-electron chi connectivity index (χ3n) is 3.46. The first-order chi connectivity index (χ1) is 9.11. The zero-order chi connectivity index (χ0) is 13.8. The number of nitrogens with zero attached hydrogens (tertiary/aromatic N) is 3. The Labute approximate surface area is 112 Å².